The number of benzene rings is 3. The van der Waals surface area contributed by atoms with Gasteiger partial charge in [0.2, 0.25) is 10.0 Å². The van der Waals surface area contributed by atoms with Gasteiger partial charge in [-0.1, -0.05) is 36.4 Å². The maximum Gasteiger partial charge on any atom is 0.260 e. The average molecular weight is 500 g/mol. The zero-order chi connectivity index (χ0) is 25.3. The van der Waals surface area contributed by atoms with E-state index in [4.69, 9.17) is 9.47 Å². The van der Waals surface area contributed by atoms with Gasteiger partial charge in [0.1, 0.15) is 19.0 Å². The van der Waals surface area contributed by atoms with Crippen molar-refractivity contribution < 1.29 is 27.1 Å². The third-order valence-electron chi connectivity index (χ3n) is 4.69. The first-order valence-corrected chi connectivity index (χ1v) is 12.6. The van der Waals surface area contributed by atoms with Crippen molar-refractivity contribution >= 4 is 27.8 Å². The summed E-state index contributed by atoms with van der Waals surface area (Å²) in [5.41, 5.74) is 3.98. The van der Waals surface area contributed by atoms with Crippen LogP contribution >= 0.6 is 0 Å². The fourth-order valence-corrected chi connectivity index (χ4v) is 3.95. The molecule has 0 spiro atoms. The Hall–Kier alpha value is -3.92. The summed E-state index contributed by atoms with van der Waals surface area (Å²) in [4.78, 5) is 12.3. The number of hydrogen-bond donors (Lipinski definition) is 1. The number of hydrazone groups is 1. The lowest BCUT2D eigenvalue weighted by Crippen LogP contribution is -2.39. The predicted molar refractivity (Wildman–Crippen MR) is 133 cm³/mol. The van der Waals surface area contributed by atoms with E-state index in [0.29, 0.717) is 30.3 Å². The highest BCUT2D eigenvalue weighted by Gasteiger charge is 2.21. The van der Waals surface area contributed by atoms with Gasteiger partial charge in [0.15, 0.2) is 11.5 Å². The Morgan fingerprint density at radius 3 is 2.49 bits per heavy atom. The Morgan fingerprint density at radius 1 is 1.03 bits per heavy atom. The number of amides is 1. The van der Waals surface area contributed by atoms with Crippen LogP contribution in [0, 0.1) is 5.82 Å². The molecule has 0 aliphatic heterocycles. The highest BCUT2D eigenvalue weighted by molar-refractivity contribution is 7.92. The molecule has 0 aromatic heterocycles. The Kier molecular flexibility index (Phi) is 8.80. The second kappa shape index (κ2) is 12.0. The molecule has 0 radical (unpaired) electrons. The molecule has 35 heavy (non-hydrogen) atoms. The molecule has 0 heterocycles. The van der Waals surface area contributed by atoms with E-state index in [2.05, 4.69) is 10.5 Å². The summed E-state index contributed by atoms with van der Waals surface area (Å²) in [5.74, 6) is -0.219. The first-order valence-electron chi connectivity index (χ1n) is 10.7. The molecule has 0 aliphatic rings. The number of nitrogens with one attached hydrogen (secondary N) is 1. The van der Waals surface area contributed by atoms with Crippen LogP contribution in [0.1, 0.15) is 18.1 Å². The summed E-state index contributed by atoms with van der Waals surface area (Å²) in [6.45, 7) is 2.11. The zero-order valence-corrected chi connectivity index (χ0v) is 20.2. The molecular weight excluding hydrogens is 473 g/mol. The van der Waals surface area contributed by atoms with Crippen molar-refractivity contribution in [2.45, 2.75) is 13.5 Å². The van der Waals surface area contributed by atoms with Crippen molar-refractivity contribution in [1.82, 2.24) is 5.43 Å². The molecule has 3 rings (SSSR count). The number of nitrogens with zero attached hydrogens (tertiary/aromatic N) is 2. The average Bonchev–Trinajstić information content (AvgIpc) is 2.82. The van der Waals surface area contributed by atoms with Crippen LogP contribution in [-0.2, 0) is 21.4 Å². The quantitative estimate of drug-likeness (QED) is 0.320. The molecule has 0 aliphatic carbocycles. The van der Waals surface area contributed by atoms with Crippen LogP contribution in [0.3, 0.4) is 0 Å². The number of rotatable bonds is 11. The monoisotopic (exact) mass is 499 g/mol. The third-order valence-corrected chi connectivity index (χ3v) is 5.83. The van der Waals surface area contributed by atoms with E-state index in [0.717, 1.165) is 22.2 Å². The van der Waals surface area contributed by atoms with Gasteiger partial charge >= 0.3 is 0 Å². The van der Waals surface area contributed by atoms with Gasteiger partial charge in [0.05, 0.1) is 24.8 Å². The molecule has 0 saturated carbocycles. The van der Waals surface area contributed by atoms with Crippen molar-refractivity contribution in [1.29, 1.82) is 0 Å². The molecule has 184 valence electrons. The van der Waals surface area contributed by atoms with Crippen LogP contribution in [0.2, 0.25) is 0 Å². The van der Waals surface area contributed by atoms with Gasteiger partial charge < -0.3 is 9.47 Å². The first-order chi connectivity index (χ1) is 16.8. The number of hydrogen-bond acceptors (Lipinski definition) is 6. The molecule has 0 unspecified atom stereocenters. The molecule has 3 aromatic carbocycles. The minimum Gasteiger partial charge on any atom is -0.490 e. The number of carbonyl (C=O) groups excluding carboxylic acids is 1. The highest BCUT2D eigenvalue weighted by Crippen LogP contribution is 2.29. The van der Waals surface area contributed by atoms with E-state index < -0.39 is 28.3 Å². The van der Waals surface area contributed by atoms with Crippen molar-refractivity contribution in [2.24, 2.45) is 5.10 Å². The fourth-order valence-electron chi connectivity index (χ4n) is 3.10. The highest BCUT2D eigenvalue weighted by atomic mass is 32.2. The van der Waals surface area contributed by atoms with E-state index in [9.17, 15) is 17.6 Å². The summed E-state index contributed by atoms with van der Waals surface area (Å²) in [6.07, 6.45) is 2.33. The maximum atomic E-state index is 13.5. The van der Waals surface area contributed by atoms with E-state index in [1.165, 1.54) is 24.4 Å². The lowest BCUT2D eigenvalue weighted by molar-refractivity contribution is -0.119. The summed E-state index contributed by atoms with van der Waals surface area (Å²) in [5, 5.41) is 3.90. The van der Waals surface area contributed by atoms with Crippen LogP contribution < -0.4 is 19.2 Å². The summed E-state index contributed by atoms with van der Waals surface area (Å²) < 4.78 is 50.1. The second-order valence-electron chi connectivity index (χ2n) is 7.46. The SMILES string of the molecule is CCOc1cc(/C=N\NC(=O)CN(c2cccc(F)c2)S(C)(=O)=O)ccc1OCc1ccccc1. The van der Waals surface area contributed by atoms with Crippen molar-refractivity contribution in [3.8, 4) is 11.5 Å². The predicted octanol–water partition coefficient (Wildman–Crippen LogP) is 3.72. The maximum absolute atomic E-state index is 13.5. The second-order valence-corrected chi connectivity index (χ2v) is 9.36. The first kappa shape index (κ1) is 25.7. The van der Waals surface area contributed by atoms with Crippen molar-refractivity contribution in [2.75, 3.05) is 23.7 Å². The summed E-state index contributed by atoms with van der Waals surface area (Å²) in [6, 6.07) is 19.9. The van der Waals surface area contributed by atoms with Crippen LogP contribution in [0.5, 0.6) is 11.5 Å². The number of carbonyl (C=O) groups is 1. The molecule has 3 aromatic rings. The number of ether oxygens (including phenoxy) is 2. The van der Waals surface area contributed by atoms with Crippen molar-refractivity contribution in [3.05, 3.63) is 89.7 Å². The summed E-state index contributed by atoms with van der Waals surface area (Å²) in [7, 11) is -3.83. The lowest BCUT2D eigenvalue weighted by atomic mass is 10.2. The Balaban J connectivity index is 1.65. The van der Waals surface area contributed by atoms with Gasteiger partial charge in [-0.05, 0) is 54.4 Å². The van der Waals surface area contributed by atoms with Gasteiger partial charge in [-0.3, -0.25) is 9.10 Å². The summed E-state index contributed by atoms with van der Waals surface area (Å²) >= 11 is 0. The molecule has 1 amide bonds. The minimum absolute atomic E-state index is 0.0408. The largest absolute Gasteiger partial charge is 0.490 e. The molecule has 1 N–H and O–H groups in total. The van der Waals surface area contributed by atoms with Crippen molar-refractivity contribution in [3.63, 3.8) is 0 Å². The van der Waals surface area contributed by atoms with E-state index in [1.54, 1.807) is 18.2 Å². The molecule has 0 atom stereocenters. The van der Waals surface area contributed by atoms with Gasteiger partial charge in [-0.25, -0.2) is 18.2 Å². The third kappa shape index (κ3) is 7.82. The zero-order valence-electron chi connectivity index (χ0n) is 19.3. The topological polar surface area (TPSA) is 97.3 Å². The molecule has 10 heteroatoms. The van der Waals surface area contributed by atoms with Crippen LogP contribution in [-0.4, -0.2) is 39.9 Å². The standard InChI is InChI=1S/C25H26FN3O5S/c1-3-33-24-14-20(12-13-23(24)34-18-19-8-5-4-6-9-19)16-27-28-25(30)17-29(35(2,31)32)22-11-7-10-21(26)15-22/h4-16H,3,17-18H2,1-2H3,(H,28,30)/b27-16-. The number of sulfonamides is 1. The number of anilines is 1. The fraction of sp³-hybridized carbons (Fsp3) is 0.200. The lowest BCUT2D eigenvalue weighted by Gasteiger charge is -2.21. The molecule has 0 bridgehead atoms. The Bertz CT molecular complexity index is 1280. The van der Waals surface area contributed by atoms with Crippen LogP contribution in [0.25, 0.3) is 0 Å². The van der Waals surface area contributed by atoms with E-state index >= 15 is 0 Å². The van der Waals surface area contributed by atoms with Crippen LogP contribution in [0.15, 0.2) is 77.9 Å². The van der Waals surface area contributed by atoms with Gasteiger partial charge in [-0.15, -0.1) is 0 Å². The van der Waals surface area contributed by atoms with Crippen LogP contribution in [0.4, 0.5) is 10.1 Å². The van der Waals surface area contributed by atoms with E-state index in [1.807, 2.05) is 37.3 Å². The minimum atomic E-state index is -3.83. The normalized spacial score (nSPS) is 11.3. The van der Waals surface area contributed by atoms with Gasteiger partial charge in [-0.2, -0.15) is 5.10 Å². The molecule has 0 fully saturated rings. The van der Waals surface area contributed by atoms with E-state index in [-0.39, 0.29) is 5.69 Å². The van der Waals surface area contributed by atoms with Gasteiger partial charge in [0.25, 0.3) is 5.91 Å². The Morgan fingerprint density at radius 2 is 1.80 bits per heavy atom. The Labute approximate surface area is 204 Å². The molecule has 0 saturated heterocycles. The smallest absolute Gasteiger partial charge is 0.260 e. The molecular formula is C25H26FN3O5S. The number of halogens is 1. The molecule has 8 nitrogen and oxygen atoms in total. The van der Waals surface area contributed by atoms with Gasteiger partial charge in [0, 0.05) is 0 Å².